The molecule has 3 aromatic carbocycles. The van der Waals surface area contributed by atoms with Crippen LogP contribution in [0.1, 0.15) is 22.7 Å². The van der Waals surface area contributed by atoms with Crippen LogP contribution < -0.4 is 15.4 Å². The molecular weight excluding hydrogens is 462 g/mol. The van der Waals surface area contributed by atoms with Crippen molar-refractivity contribution < 1.29 is 9.53 Å². The van der Waals surface area contributed by atoms with E-state index in [1.54, 1.807) is 17.9 Å². The lowest BCUT2D eigenvalue weighted by Gasteiger charge is -2.24. The number of anilines is 2. The standard InChI is InChI=1S/C27H22ClN5O2/c1-35-24-10-6-5-9-20(24)13-16-25(34)30-26-31-27-29-22(18-7-3-2-4-8-18)17-23(33(27)32-26)19-11-14-21(28)15-12-19/h2-17,23H,1H3,(H2,29,30,31,32,34)/b16-13+/t23-/m1/s1. The number of hydrogen-bond donors (Lipinski definition) is 2. The molecule has 7 nitrogen and oxygen atoms in total. The van der Waals surface area contributed by atoms with E-state index < -0.39 is 0 Å². The Morgan fingerprint density at radius 2 is 1.80 bits per heavy atom. The Morgan fingerprint density at radius 1 is 1.06 bits per heavy atom. The van der Waals surface area contributed by atoms with Gasteiger partial charge in [0.2, 0.25) is 5.95 Å². The molecule has 174 valence electrons. The largest absolute Gasteiger partial charge is 0.496 e. The highest BCUT2D eigenvalue weighted by Gasteiger charge is 2.25. The molecule has 2 heterocycles. The van der Waals surface area contributed by atoms with Crippen molar-refractivity contribution in [3.63, 3.8) is 0 Å². The van der Waals surface area contributed by atoms with Gasteiger partial charge in [-0.1, -0.05) is 72.3 Å². The number of aromatic nitrogens is 3. The van der Waals surface area contributed by atoms with Gasteiger partial charge in [-0.2, -0.15) is 4.98 Å². The van der Waals surface area contributed by atoms with Crippen molar-refractivity contribution in [2.75, 3.05) is 17.7 Å². The number of nitrogens with zero attached hydrogens (tertiary/aromatic N) is 3. The Bertz CT molecular complexity index is 1410. The molecule has 0 aliphatic carbocycles. The van der Waals surface area contributed by atoms with E-state index in [0.29, 0.717) is 16.7 Å². The third-order valence-electron chi connectivity index (χ3n) is 5.55. The average Bonchev–Trinajstić information content (AvgIpc) is 3.30. The smallest absolute Gasteiger partial charge is 0.250 e. The molecule has 1 aromatic heterocycles. The molecule has 0 fully saturated rings. The van der Waals surface area contributed by atoms with Crippen LogP contribution in [0.25, 0.3) is 11.8 Å². The molecule has 0 saturated heterocycles. The Morgan fingerprint density at radius 3 is 2.57 bits per heavy atom. The first-order valence-electron chi connectivity index (χ1n) is 11.0. The summed E-state index contributed by atoms with van der Waals surface area (Å²) in [5, 5.41) is 11.3. The molecule has 1 amide bonds. The molecular formula is C27H22ClN5O2. The summed E-state index contributed by atoms with van der Waals surface area (Å²) in [5.74, 6) is 1.05. The minimum absolute atomic E-state index is 0.198. The SMILES string of the molecule is COc1ccccc1/C=C/C(=O)Nc1nc2n(n1)[C@@H](c1ccc(Cl)cc1)C=C(c1ccccc1)N2. The van der Waals surface area contributed by atoms with Crippen LogP contribution in [0.2, 0.25) is 5.02 Å². The lowest BCUT2D eigenvalue weighted by molar-refractivity contribution is -0.111. The van der Waals surface area contributed by atoms with E-state index >= 15 is 0 Å². The van der Waals surface area contributed by atoms with Crippen molar-refractivity contribution in [2.24, 2.45) is 0 Å². The molecule has 1 aliphatic heterocycles. The van der Waals surface area contributed by atoms with Gasteiger partial charge in [-0.05, 0) is 41.5 Å². The van der Waals surface area contributed by atoms with E-state index in [1.165, 1.54) is 6.08 Å². The normalized spacial score (nSPS) is 14.7. The molecule has 5 rings (SSSR count). The van der Waals surface area contributed by atoms with E-state index in [0.717, 1.165) is 22.4 Å². The number of amides is 1. The molecule has 1 aliphatic rings. The summed E-state index contributed by atoms with van der Waals surface area (Å²) in [6, 6.07) is 24.8. The number of allylic oxidation sites excluding steroid dienone is 1. The number of nitrogens with one attached hydrogen (secondary N) is 2. The lowest BCUT2D eigenvalue weighted by Crippen LogP contribution is -2.20. The number of carbonyl (C=O) groups excluding carboxylic acids is 1. The second-order valence-electron chi connectivity index (χ2n) is 7.84. The molecule has 35 heavy (non-hydrogen) atoms. The third-order valence-corrected chi connectivity index (χ3v) is 5.80. The lowest BCUT2D eigenvalue weighted by atomic mass is 10.0. The van der Waals surface area contributed by atoms with Crippen molar-refractivity contribution in [1.29, 1.82) is 0 Å². The Labute approximate surface area is 207 Å². The van der Waals surface area contributed by atoms with Gasteiger partial charge < -0.3 is 10.1 Å². The average molecular weight is 484 g/mol. The van der Waals surface area contributed by atoms with Crippen LogP contribution in [-0.2, 0) is 4.79 Å². The number of halogens is 1. The zero-order valence-electron chi connectivity index (χ0n) is 18.9. The number of carbonyl (C=O) groups is 1. The molecule has 8 heteroatoms. The van der Waals surface area contributed by atoms with Crippen LogP contribution in [0, 0.1) is 0 Å². The van der Waals surface area contributed by atoms with Gasteiger partial charge in [-0.3, -0.25) is 10.1 Å². The van der Waals surface area contributed by atoms with Crippen LogP contribution in [0.5, 0.6) is 5.75 Å². The second kappa shape index (κ2) is 9.87. The Balaban J connectivity index is 1.42. The summed E-state index contributed by atoms with van der Waals surface area (Å²) in [6.45, 7) is 0. The molecule has 0 spiro atoms. The zero-order valence-corrected chi connectivity index (χ0v) is 19.6. The van der Waals surface area contributed by atoms with Crippen LogP contribution in [0.15, 0.2) is 91.0 Å². The van der Waals surface area contributed by atoms with Crippen molar-refractivity contribution in [2.45, 2.75) is 6.04 Å². The first-order chi connectivity index (χ1) is 17.1. The van der Waals surface area contributed by atoms with E-state index in [4.69, 9.17) is 16.3 Å². The quantitative estimate of drug-likeness (QED) is 0.346. The summed E-state index contributed by atoms with van der Waals surface area (Å²) >= 11 is 6.11. The number of ether oxygens (including phenoxy) is 1. The van der Waals surface area contributed by atoms with Gasteiger partial charge in [-0.15, -0.1) is 5.10 Å². The topological polar surface area (TPSA) is 81.1 Å². The fraction of sp³-hybridized carbons (Fsp3) is 0.0741. The van der Waals surface area contributed by atoms with E-state index in [1.807, 2.05) is 78.9 Å². The molecule has 0 unspecified atom stereocenters. The van der Waals surface area contributed by atoms with Crippen molar-refractivity contribution >= 4 is 41.2 Å². The van der Waals surface area contributed by atoms with Gasteiger partial charge in [0.05, 0.1) is 7.11 Å². The van der Waals surface area contributed by atoms with Crippen LogP contribution in [-0.4, -0.2) is 27.8 Å². The predicted molar refractivity (Wildman–Crippen MR) is 138 cm³/mol. The zero-order chi connectivity index (χ0) is 24.2. The van der Waals surface area contributed by atoms with Crippen LogP contribution in [0.3, 0.4) is 0 Å². The number of benzene rings is 3. The number of para-hydroxylation sites is 1. The predicted octanol–water partition coefficient (Wildman–Crippen LogP) is 5.65. The number of methoxy groups -OCH3 is 1. The Hall–Kier alpha value is -4.36. The van der Waals surface area contributed by atoms with Gasteiger partial charge in [0.25, 0.3) is 11.9 Å². The van der Waals surface area contributed by atoms with Gasteiger partial charge in [-0.25, -0.2) is 4.68 Å². The van der Waals surface area contributed by atoms with E-state index in [-0.39, 0.29) is 17.9 Å². The summed E-state index contributed by atoms with van der Waals surface area (Å²) in [4.78, 5) is 17.1. The minimum Gasteiger partial charge on any atom is -0.496 e. The Kier molecular flexibility index (Phi) is 6.32. The number of hydrogen-bond acceptors (Lipinski definition) is 5. The molecule has 0 radical (unpaired) electrons. The summed E-state index contributed by atoms with van der Waals surface area (Å²) in [5.41, 5.74) is 3.71. The highest BCUT2D eigenvalue weighted by atomic mass is 35.5. The number of fused-ring (bicyclic) bond motifs is 1. The van der Waals surface area contributed by atoms with E-state index in [2.05, 4.69) is 26.8 Å². The molecule has 1 atom stereocenters. The van der Waals surface area contributed by atoms with Crippen molar-refractivity contribution in [1.82, 2.24) is 14.8 Å². The maximum absolute atomic E-state index is 12.6. The number of rotatable bonds is 6. The van der Waals surface area contributed by atoms with Crippen LogP contribution >= 0.6 is 11.6 Å². The molecule has 0 bridgehead atoms. The van der Waals surface area contributed by atoms with Crippen molar-refractivity contribution in [3.05, 3.63) is 113 Å². The van der Waals surface area contributed by atoms with Crippen LogP contribution in [0.4, 0.5) is 11.9 Å². The molecule has 4 aromatic rings. The second-order valence-corrected chi connectivity index (χ2v) is 8.27. The van der Waals surface area contributed by atoms with Gasteiger partial charge in [0.15, 0.2) is 0 Å². The maximum Gasteiger partial charge on any atom is 0.250 e. The minimum atomic E-state index is -0.349. The first-order valence-corrected chi connectivity index (χ1v) is 11.4. The van der Waals surface area contributed by atoms with Crippen molar-refractivity contribution in [3.8, 4) is 5.75 Å². The first kappa shape index (κ1) is 22.4. The summed E-state index contributed by atoms with van der Waals surface area (Å²) in [7, 11) is 1.59. The molecule has 0 saturated carbocycles. The fourth-order valence-corrected chi connectivity index (χ4v) is 3.98. The highest BCUT2D eigenvalue weighted by Crippen LogP contribution is 2.33. The summed E-state index contributed by atoms with van der Waals surface area (Å²) < 4.78 is 7.07. The highest BCUT2D eigenvalue weighted by molar-refractivity contribution is 6.30. The molecule has 2 N–H and O–H groups in total. The maximum atomic E-state index is 12.6. The van der Waals surface area contributed by atoms with E-state index in [9.17, 15) is 4.79 Å². The fourth-order valence-electron chi connectivity index (χ4n) is 3.85. The van der Waals surface area contributed by atoms with Gasteiger partial charge in [0, 0.05) is 22.4 Å². The van der Waals surface area contributed by atoms with Gasteiger partial charge in [0.1, 0.15) is 11.8 Å². The van der Waals surface area contributed by atoms with Gasteiger partial charge >= 0.3 is 0 Å². The summed E-state index contributed by atoms with van der Waals surface area (Å²) in [6.07, 6.45) is 5.19. The monoisotopic (exact) mass is 483 g/mol. The third kappa shape index (κ3) is 4.95.